The third-order valence-electron chi connectivity index (χ3n) is 2.38. The smallest absolute Gasteiger partial charge is 0.146 e. The second-order valence-electron chi connectivity index (χ2n) is 3.45. The standard InChI is InChI=1S/C11H12Cl2N4/c1-2-17-10(15-7-16-17)6-14-9-5-3-4-8(12)11(9)13/h3-5,7,14H,2,6H2,1H3. The number of nitrogens with zero attached hydrogens (tertiary/aromatic N) is 3. The lowest BCUT2D eigenvalue weighted by Crippen LogP contribution is -2.09. The number of aromatic nitrogens is 3. The maximum Gasteiger partial charge on any atom is 0.146 e. The van der Waals surface area contributed by atoms with Crippen LogP contribution in [0.25, 0.3) is 0 Å². The molecule has 2 rings (SSSR count). The highest BCUT2D eigenvalue weighted by atomic mass is 35.5. The van der Waals surface area contributed by atoms with Crippen molar-refractivity contribution in [2.24, 2.45) is 0 Å². The number of benzene rings is 1. The first kappa shape index (κ1) is 12.2. The lowest BCUT2D eigenvalue weighted by atomic mass is 10.3. The summed E-state index contributed by atoms with van der Waals surface area (Å²) in [7, 11) is 0. The van der Waals surface area contributed by atoms with Gasteiger partial charge < -0.3 is 5.32 Å². The summed E-state index contributed by atoms with van der Waals surface area (Å²) >= 11 is 12.0. The van der Waals surface area contributed by atoms with Crippen molar-refractivity contribution >= 4 is 28.9 Å². The van der Waals surface area contributed by atoms with E-state index in [1.165, 1.54) is 0 Å². The third-order valence-corrected chi connectivity index (χ3v) is 3.20. The van der Waals surface area contributed by atoms with Crippen LogP contribution >= 0.6 is 23.2 Å². The average molecular weight is 271 g/mol. The van der Waals surface area contributed by atoms with Gasteiger partial charge in [0.15, 0.2) is 0 Å². The van der Waals surface area contributed by atoms with Crippen LogP contribution in [0.3, 0.4) is 0 Å². The Balaban J connectivity index is 2.10. The molecule has 1 aromatic heterocycles. The number of halogens is 2. The molecule has 0 radical (unpaired) electrons. The molecule has 0 atom stereocenters. The molecule has 0 saturated carbocycles. The molecule has 4 nitrogen and oxygen atoms in total. The number of aryl methyl sites for hydroxylation is 1. The molecule has 2 aromatic rings. The molecule has 1 aromatic carbocycles. The van der Waals surface area contributed by atoms with Gasteiger partial charge in [0.25, 0.3) is 0 Å². The van der Waals surface area contributed by atoms with Gasteiger partial charge in [-0.15, -0.1) is 0 Å². The molecule has 0 spiro atoms. The van der Waals surface area contributed by atoms with Gasteiger partial charge in [-0.25, -0.2) is 9.67 Å². The van der Waals surface area contributed by atoms with E-state index in [1.54, 1.807) is 12.4 Å². The summed E-state index contributed by atoms with van der Waals surface area (Å²) in [6.07, 6.45) is 1.54. The Morgan fingerprint density at radius 1 is 1.35 bits per heavy atom. The van der Waals surface area contributed by atoms with E-state index >= 15 is 0 Å². The van der Waals surface area contributed by atoms with Crippen molar-refractivity contribution in [3.8, 4) is 0 Å². The second-order valence-corrected chi connectivity index (χ2v) is 4.23. The van der Waals surface area contributed by atoms with E-state index in [0.29, 0.717) is 16.6 Å². The van der Waals surface area contributed by atoms with Crippen LogP contribution < -0.4 is 5.32 Å². The SMILES string of the molecule is CCn1ncnc1CNc1cccc(Cl)c1Cl. The normalized spacial score (nSPS) is 10.5. The van der Waals surface area contributed by atoms with Gasteiger partial charge in [0, 0.05) is 6.54 Å². The van der Waals surface area contributed by atoms with Crippen LogP contribution in [-0.2, 0) is 13.1 Å². The molecule has 0 amide bonds. The Labute approximate surface area is 110 Å². The molecule has 6 heteroatoms. The summed E-state index contributed by atoms with van der Waals surface area (Å²) in [4.78, 5) is 4.17. The fraction of sp³-hybridized carbons (Fsp3) is 0.273. The quantitative estimate of drug-likeness (QED) is 0.928. The zero-order chi connectivity index (χ0) is 12.3. The molecule has 90 valence electrons. The maximum atomic E-state index is 6.07. The molecule has 0 saturated heterocycles. The van der Waals surface area contributed by atoms with Gasteiger partial charge in [0.2, 0.25) is 0 Å². The molecule has 0 aliphatic heterocycles. The minimum absolute atomic E-state index is 0.525. The van der Waals surface area contributed by atoms with E-state index in [-0.39, 0.29) is 0 Å². The van der Waals surface area contributed by atoms with Crippen LogP contribution in [0, 0.1) is 0 Å². The number of hydrogen-bond acceptors (Lipinski definition) is 3. The minimum atomic E-state index is 0.525. The number of hydrogen-bond donors (Lipinski definition) is 1. The molecule has 17 heavy (non-hydrogen) atoms. The summed E-state index contributed by atoms with van der Waals surface area (Å²) in [5, 5.41) is 8.35. The first-order chi connectivity index (χ1) is 8.22. The summed E-state index contributed by atoms with van der Waals surface area (Å²) in [5.74, 6) is 0.864. The van der Waals surface area contributed by atoms with Crippen molar-refractivity contribution in [1.82, 2.24) is 14.8 Å². The predicted molar refractivity (Wildman–Crippen MR) is 69.5 cm³/mol. The Hall–Kier alpha value is -1.26. The lowest BCUT2D eigenvalue weighted by Gasteiger charge is -2.09. The van der Waals surface area contributed by atoms with Crippen LogP contribution in [0.15, 0.2) is 24.5 Å². The Kier molecular flexibility index (Phi) is 3.86. The van der Waals surface area contributed by atoms with Gasteiger partial charge in [-0.1, -0.05) is 29.3 Å². The van der Waals surface area contributed by atoms with E-state index in [1.807, 2.05) is 23.7 Å². The van der Waals surface area contributed by atoms with Gasteiger partial charge >= 0.3 is 0 Å². The van der Waals surface area contributed by atoms with E-state index in [4.69, 9.17) is 23.2 Å². The highest BCUT2D eigenvalue weighted by Gasteiger charge is 2.06. The Bertz CT molecular complexity index is 510. The monoisotopic (exact) mass is 270 g/mol. The van der Waals surface area contributed by atoms with Crippen LogP contribution in [-0.4, -0.2) is 14.8 Å². The zero-order valence-electron chi connectivity index (χ0n) is 9.32. The fourth-order valence-electron chi connectivity index (χ4n) is 1.50. The van der Waals surface area contributed by atoms with Crippen molar-refractivity contribution in [2.45, 2.75) is 20.0 Å². The van der Waals surface area contributed by atoms with Crippen molar-refractivity contribution < 1.29 is 0 Å². The van der Waals surface area contributed by atoms with Crippen LogP contribution in [0.1, 0.15) is 12.7 Å². The van der Waals surface area contributed by atoms with Crippen LogP contribution in [0.5, 0.6) is 0 Å². The molecule has 0 bridgehead atoms. The highest BCUT2D eigenvalue weighted by molar-refractivity contribution is 6.43. The third kappa shape index (κ3) is 2.70. The van der Waals surface area contributed by atoms with Crippen molar-refractivity contribution in [3.63, 3.8) is 0 Å². The highest BCUT2D eigenvalue weighted by Crippen LogP contribution is 2.29. The second kappa shape index (κ2) is 5.38. The van der Waals surface area contributed by atoms with E-state index in [0.717, 1.165) is 18.1 Å². The van der Waals surface area contributed by atoms with E-state index in [2.05, 4.69) is 15.4 Å². The zero-order valence-corrected chi connectivity index (χ0v) is 10.8. The Morgan fingerprint density at radius 3 is 2.94 bits per heavy atom. The van der Waals surface area contributed by atoms with Gasteiger partial charge in [0.05, 0.1) is 22.3 Å². The molecule has 0 aliphatic rings. The van der Waals surface area contributed by atoms with Gasteiger partial charge in [-0.3, -0.25) is 0 Å². The summed E-state index contributed by atoms with van der Waals surface area (Å²) in [5.41, 5.74) is 0.796. The molecular weight excluding hydrogens is 259 g/mol. The summed E-state index contributed by atoms with van der Waals surface area (Å²) in [6.45, 7) is 3.37. The van der Waals surface area contributed by atoms with Gasteiger partial charge in [-0.2, -0.15) is 5.10 Å². The van der Waals surface area contributed by atoms with Gasteiger partial charge in [0.1, 0.15) is 12.2 Å². The molecule has 1 heterocycles. The van der Waals surface area contributed by atoms with Crippen molar-refractivity contribution in [3.05, 3.63) is 40.4 Å². The predicted octanol–water partition coefficient (Wildman–Crippen LogP) is 3.22. The number of anilines is 1. The largest absolute Gasteiger partial charge is 0.377 e. The maximum absolute atomic E-state index is 6.07. The lowest BCUT2D eigenvalue weighted by molar-refractivity contribution is 0.622. The number of nitrogens with one attached hydrogen (secondary N) is 1. The molecule has 1 N–H and O–H groups in total. The summed E-state index contributed by atoms with van der Waals surface area (Å²) in [6, 6.07) is 5.48. The van der Waals surface area contributed by atoms with E-state index < -0.39 is 0 Å². The van der Waals surface area contributed by atoms with Crippen LogP contribution in [0.4, 0.5) is 5.69 Å². The minimum Gasteiger partial charge on any atom is -0.377 e. The molecule has 0 unspecified atom stereocenters. The summed E-state index contributed by atoms with van der Waals surface area (Å²) < 4.78 is 1.82. The van der Waals surface area contributed by atoms with Crippen molar-refractivity contribution in [1.29, 1.82) is 0 Å². The fourth-order valence-corrected chi connectivity index (χ4v) is 1.87. The topological polar surface area (TPSA) is 42.7 Å². The van der Waals surface area contributed by atoms with Gasteiger partial charge in [-0.05, 0) is 19.1 Å². The average Bonchev–Trinajstić information content (AvgIpc) is 2.78. The first-order valence-corrected chi connectivity index (χ1v) is 6.02. The van der Waals surface area contributed by atoms with E-state index in [9.17, 15) is 0 Å². The van der Waals surface area contributed by atoms with Crippen LogP contribution in [0.2, 0.25) is 10.0 Å². The molecule has 0 aliphatic carbocycles. The first-order valence-electron chi connectivity index (χ1n) is 5.27. The molecular formula is C11H12Cl2N4. The van der Waals surface area contributed by atoms with Crippen molar-refractivity contribution in [2.75, 3.05) is 5.32 Å². The Morgan fingerprint density at radius 2 is 2.18 bits per heavy atom. The number of rotatable bonds is 4. The molecule has 0 fully saturated rings.